The minimum Gasteiger partial charge on any atom is -0.398 e. The summed E-state index contributed by atoms with van der Waals surface area (Å²) in [6.45, 7) is 0. The Morgan fingerprint density at radius 3 is 3.10 bits per heavy atom. The molecule has 0 aromatic carbocycles. The second kappa shape index (κ2) is 6.24. The van der Waals surface area contributed by atoms with Crippen LogP contribution in [0.25, 0.3) is 0 Å². The van der Waals surface area contributed by atoms with Crippen LogP contribution in [0.4, 0.5) is 5.69 Å². The summed E-state index contributed by atoms with van der Waals surface area (Å²) in [5, 5.41) is 5.16. The van der Waals surface area contributed by atoms with Crippen molar-refractivity contribution in [1.29, 1.82) is 0 Å². The van der Waals surface area contributed by atoms with Crippen LogP contribution in [0.5, 0.6) is 0 Å². The van der Waals surface area contributed by atoms with Crippen LogP contribution in [0.15, 0.2) is 29.9 Å². The molecule has 1 unspecified atom stereocenters. The first-order valence-corrected chi connectivity index (χ1v) is 7.20. The van der Waals surface area contributed by atoms with Crippen LogP contribution in [0.2, 0.25) is 0 Å². The van der Waals surface area contributed by atoms with Gasteiger partial charge >= 0.3 is 0 Å². The normalized spacial score (nSPS) is 16.9. The van der Waals surface area contributed by atoms with Crippen molar-refractivity contribution in [1.82, 2.24) is 10.3 Å². The molecule has 2 aromatic heterocycles. The van der Waals surface area contributed by atoms with Gasteiger partial charge in [-0.1, -0.05) is 0 Å². The van der Waals surface area contributed by atoms with Crippen molar-refractivity contribution in [2.75, 3.05) is 5.73 Å². The summed E-state index contributed by atoms with van der Waals surface area (Å²) in [5.74, 6) is -0.144. The van der Waals surface area contributed by atoms with E-state index in [1.165, 1.54) is 16.6 Å². The van der Waals surface area contributed by atoms with Crippen molar-refractivity contribution in [2.45, 2.75) is 25.3 Å². The number of nitrogens with one attached hydrogen (secondary N) is 1. The monoisotopic (exact) mass is 309 g/mol. The number of nitrogen functional groups attached to an aromatic ring is 1. The highest BCUT2D eigenvalue weighted by Crippen LogP contribution is 2.33. The van der Waals surface area contributed by atoms with Crippen LogP contribution in [0, 0.1) is 0 Å². The molecule has 20 heavy (non-hydrogen) atoms. The standard InChI is InChI=1S/C14H15N3OS.ClH/c15-11-4-6-16-8-10(11)14(18)17-12-2-1-3-13-9(12)5-7-19-13;/h4-8,12H,1-3H2,(H2,15,16)(H,17,18);1H. The van der Waals surface area contributed by atoms with Crippen LogP contribution in [-0.4, -0.2) is 10.9 Å². The molecule has 3 N–H and O–H groups in total. The molecule has 1 amide bonds. The predicted octanol–water partition coefficient (Wildman–Crippen LogP) is 2.95. The van der Waals surface area contributed by atoms with Gasteiger partial charge in [-0.25, -0.2) is 0 Å². The zero-order chi connectivity index (χ0) is 13.2. The Kier molecular flexibility index (Phi) is 4.62. The van der Waals surface area contributed by atoms with E-state index in [1.807, 2.05) is 0 Å². The van der Waals surface area contributed by atoms with Crippen molar-refractivity contribution in [3.63, 3.8) is 0 Å². The molecule has 1 aliphatic rings. The minimum absolute atomic E-state index is 0. The Labute approximate surface area is 127 Å². The number of carbonyl (C=O) groups is 1. The van der Waals surface area contributed by atoms with Gasteiger partial charge in [-0.05, 0) is 42.3 Å². The average molecular weight is 310 g/mol. The molecule has 3 rings (SSSR count). The summed E-state index contributed by atoms with van der Waals surface area (Å²) in [6, 6.07) is 3.85. The second-order valence-electron chi connectivity index (χ2n) is 4.68. The molecule has 1 atom stereocenters. The molecule has 2 heterocycles. The molecular weight excluding hydrogens is 294 g/mol. The summed E-state index contributed by atoms with van der Waals surface area (Å²) in [7, 11) is 0. The number of amides is 1. The number of hydrogen-bond acceptors (Lipinski definition) is 4. The molecule has 4 nitrogen and oxygen atoms in total. The van der Waals surface area contributed by atoms with E-state index in [0.717, 1.165) is 19.3 Å². The zero-order valence-corrected chi connectivity index (χ0v) is 12.5. The molecule has 6 heteroatoms. The number of halogens is 1. The van der Waals surface area contributed by atoms with Crippen LogP contribution in [0.1, 0.15) is 39.7 Å². The van der Waals surface area contributed by atoms with E-state index in [2.05, 4.69) is 21.7 Å². The highest BCUT2D eigenvalue weighted by atomic mass is 35.5. The number of carbonyl (C=O) groups excluding carboxylic acids is 1. The van der Waals surface area contributed by atoms with Crippen molar-refractivity contribution in [3.8, 4) is 0 Å². The molecule has 0 aliphatic heterocycles. The van der Waals surface area contributed by atoms with Crippen LogP contribution in [-0.2, 0) is 6.42 Å². The smallest absolute Gasteiger partial charge is 0.255 e. The van der Waals surface area contributed by atoms with E-state index >= 15 is 0 Å². The van der Waals surface area contributed by atoms with Crippen LogP contribution < -0.4 is 11.1 Å². The summed E-state index contributed by atoms with van der Waals surface area (Å²) < 4.78 is 0. The lowest BCUT2D eigenvalue weighted by Gasteiger charge is -2.23. The Morgan fingerprint density at radius 2 is 2.30 bits per heavy atom. The summed E-state index contributed by atoms with van der Waals surface area (Å²) >= 11 is 1.77. The van der Waals surface area contributed by atoms with E-state index in [0.29, 0.717) is 11.3 Å². The third-order valence-corrected chi connectivity index (χ3v) is 4.45. The van der Waals surface area contributed by atoms with Gasteiger partial charge in [0.2, 0.25) is 0 Å². The molecule has 0 saturated carbocycles. The van der Waals surface area contributed by atoms with Gasteiger partial charge in [0, 0.05) is 23.0 Å². The molecule has 0 saturated heterocycles. The number of rotatable bonds is 2. The number of anilines is 1. The Balaban J connectivity index is 0.00000147. The highest BCUT2D eigenvalue weighted by Gasteiger charge is 2.23. The maximum Gasteiger partial charge on any atom is 0.255 e. The number of nitrogens with zero attached hydrogens (tertiary/aromatic N) is 1. The molecule has 1 aliphatic carbocycles. The summed E-state index contributed by atoms with van der Waals surface area (Å²) in [5.41, 5.74) is 7.97. The van der Waals surface area contributed by atoms with E-state index < -0.39 is 0 Å². The molecule has 0 spiro atoms. The van der Waals surface area contributed by atoms with Crippen molar-refractivity contribution >= 4 is 35.3 Å². The molecule has 0 radical (unpaired) electrons. The average Bonchev–Trinajstić information content (AvgIpc) is 2.88. The Hall–Kier alpha value is -1.59. The number of aryl methyl sites for hydroxylation is 1. The van der Waals surface area contributed by atoms with Gasteiger partial charge in [0.15, 0.2) is 0 Å². The first kappa shape index (κ1) is 14.8. The maximum absolute atomic E-state index is 12.2. The van der Waals surface area contributed by atoms with E-state index in [-0.39, 0.29) is 24.4 Å². The molecule has 2 aromatic rings. The fourth-order valence-electron chi connectivity index (χ4n) is 2.47. The van der Waals surface area contributed by atoms with Gasteiger partial charge in [0.05, 0.1) is 11.6 Å². The Bertz CT molecular complexity index is 614. The van der Waals surface area contributed by atoms with Crippen molar-refractivity contribution in [2.24, 2.45) is 0 Å². The quantitative estimate of drug-likeness (QED) is 0.896. The number of hydrogen-bond donors (Lipinski definition) is 2. The SMILES string of the molecule is Cl.Nc1ccncc1C(=O)NC1CCCc2sccc21. The molecule has 0 fully saturated rings. The van der Waals surface area contributed by atoms with E-state index in [4.69, 9.17) is 5.73 Å². The van der Waals surface area contributed by atoms with Crippen LogP contribution >= 0.6 is 23.7 Å². The maximum atomic E-state index is 12.2. The number of thiophene rings is 1. The molecule has 106 valence electrons. The predicted molar refractivity (Wildman–Crippen MR) is 83.4 cm³/mol. The first-order valence-electron chi connectivity index (χ1n) is 6.32. The fourth-order valence-corrected chi connectivity index (χ4v) is 3.45. The highest BCUT2D eigenvalue weighted by molar-refractivity contribution is 7.10. The van der Waals surface area contributed by atoms with Gasteiger partial charge in [0.1, 0.15) is 0 Å². The molecular formula is C14H16ClN3OS. The third-order valence-electron chi connectivity index (χ3n) is 3.46. The summed E-state index contributed by atoms with van der Waals surface area (Å²) in [6.07, 6.45) is 6.32. The number of aromatic nitrogens is 1. The van der Waals surface area contributed by atoms with Gasteiger partial charge in [-0.15, -0.1) is 23.7 Å². The second-order valence-corrected chi connectivity index (χ2v) is 5.68. The lowest BCUT2D eigenvalue weighted by atomic mass is 9.94. The number of pyridine rings is 1. The number of nitrogens with two attached hydrogens (primary N) is 1. The van der Waals surface area contributed by atoms with Gasteiger partial charge in [-0.2, -0.15) is 0 Å². The minimum atomic E-state index is -0.144. The van der Waals surface area contributed by atoms with Gasteiger partial charge in [-0.3, -0.25) is 9.78 Å². The van der Waals surface area contributed by atoms with Gasteiger partial charge in [0.25, 0.3) is 5.91 Å². The largest absolute Gasteiger partial charge is 0.398 e. The van der Waals surface area contributed by atoms with Gasteiger partial charge < -0.3 is 11.1 Å². The van der Waals surface area contributed by atoms with Crippen molar-refractivity contribution < 1.29 is 4.79 Å². The lowest BCUT2D eigenvalue weighted by Crippen LogP contribution is -2.31. The summed E-state index contributed by atoms with van der Waals surface area (Å²) in [4.78, 5) is 17.6. The van der Waals surface area contributed by atoms with Crippen molar-refractivity contribution in [3.05, 3.63) is 45.9 Å². The third kappa shape index (κ3) is 2.78. The van der Waals surface area contributed by atoms with E-state index in [1.54, 1.807) is 23.6 Å². The first-order chi connectivity index (χ1) is 9.25. The van der Waals surface area contributed by atoms with E-state index in [9.17, 15) is 4.79 Å². The molecule has 0 bridgehead atoms. The topological polar surface area (TPSA) is 68.0 Å². The number of fused-ring (bicyclic) bond motifs is 1. The fraction of sp³-hybridized carbons (Fsp3) is 0.286. The Morgan fingerprint density at radius 1 is 1.45 bits per heavy atom. The zero-order valence-electron chi connectivity index (χ0n) is 10.8. The lowest BCUT2D eigenvalue weighted by molar-refractivity contribution is 0.0933. The van der Waals surface area contributed by atoms with Crippen LogP contribution in [0.3, 0.4) is 0 Å².